The third-order valence-electron chi connectivity index (χ3n) is 7.76. The van der Waals surface area contributed by atoms with Crippen LogP contribution in [0.25, 0.3) is 10.8 Å². The highest BCUT2D eigenvalue weighted by Crippen LogP contribution is 2.38. The van der Waals surface area contributed by atoms with E-state index in [9.17, 15) is 9.59 Å². The number of amides is 2. The van der Waals surface area contributed by atoms with Gasteiger partial charge in [0.15, 0.2) is 0 Å². The minimum Gasteiger partial charge on any atom is -0.331 e. The topological polar surface area (TPSA) is 49.4 Å². The largest absolute Gasteiger partial charge is 0.331 e. The smallest absolute Gasteiger partial charge is 0.255 e. The second-order valence-corrected chi connectivity index (χ2v) is 9.96. The first kappa shape index (κ1) is 22.5. The van der Waals surface area contributed by atoms with Gasteiger partial charge in [-0.15, -0.1) is 0 Å². The molecule has 1 fully saturated rings. The molecular formula is C32H30N2O2. The Kier molecular flexibility index (Phi) is 6.02. The molecule has 6 rings (SSSR count). The Morgan fingerprint density at radius 3 is 2.44 bits per heavy atom. The predicted octanol–water partition coefficient (Wildman–Crippen LogP) is 6.56. The van der Waals surface area contributed by atoms with Crippen molar-refractivity contribution in [2.45, 2.75) is 38.1 Å². The molecule has 2 amide bonds. The molecule has 1 aliphatic heterocycles. The highest BCUT2D eigenvalue weighted by molar-refractivity contribution is 6.07. The minimum atomic E-state index is -0.326. The third kappa shape index (κ3) is 4.17. The van der Waals surface area contributed by atoms with Crippen molar-refractivity contribution in [2.24, 2.45) is 5.92 Å². The van der Waals surface area contributed by atoms with Crippen LogP contribution < -0.4 is 5.32 Å². The van der Waals surface area contributed by atoms with Crippen molar-refractivity contribution in [2.75, 3.05) is 11.9 Å². The molecule has 0 saturated carbocycles. The second kappa shape index (κ2) is 9.62. The molecule has 1 saturated heterocycles. The molecule has 1 aliphatic carbocycles. The molecule has 0 aromatic heterocycles. The lowest BCUT2D eigenvalue weighted by Crippen LogP contribution is -2.46. The maximum absolute atomic E-state index is 14.0. The van der Waals surface area contributed by atoms with Crippen LogP contribution in [0.4, 0.5) is 5.69 Å². The van der Waals surface area contributed by atoms with Gasteiger partial charge in [-0.1, -0.05) is 72.8 Å². The standard InChI is InChI=1S/C32H30N2O2/c35-31(33-26-19-18-22-12-6-14-25(22)21-26)29-17-8-20-34(30(29)24-10-2-1-3-11-24)32(36)28-16-7-13-23-9-4-5-15-27(23)28/h1-5,7,9-11,13,15-16,18-19,21,29-30H,6,8,12,14,17,20H2,(H,33,35)/t29-,30?/m0/s1. The van der Waals surface area contributed by atoms with Crippen LogP contribution in [0.2, 0.25) is 0 Å². The van der Waals surface area contributed by atoms with Crippen LogP contribution in [-0.2, 0) is 17.6 Å². The summed E-state index contributed by atoms with van der Waals surface area (Å²) < 4.78 is 0. The zero-order chi connectivity index (χ0) is 24.5. The first-order valence-corrected chi connectivity index (χ1v) is 13.0. The molecule has 4 nitrogen and oxygen atoms in total. The van der Waals surface area contributed by atoms with Crippen LogP contribution >= 0.6 is 0 Å². The number of carbonyl (C=O) groups is 2. The van der Waals surface area contributed by atoms with Gasteiger partial charge in [-0.2, -0.15) is 0 Å². The van der Waals surface area contributed by atoms with Crippen LogP contribution in [0.3, 0.4) is 0 Å². The predicted molar refractivity (Wildman–Crippen MR) is 144 cm³/mol. The summed E-state index contributed by atoms with van der Waals surface area (Å²) in [5, 5.41) is 5.18. The Balaban J connectivity index is 1.34. The molecule has 0 bridgehead atoms. The molecule has 4 heteroatoms. The van der Waals surface area contributed by atoms with E-state index in [4.69, 9.17) is 0 Å². The second-order valence-electron chi connectivity index (χ2n) is 9.96. The zero-order valence-electron chi connectivity index (χ0n) is 20.3. The summed E-state index contributed by atoms with van der Waals surface area (Å²) in [6.07, 6.45) is 4.91. The third-order valence-corrected chi connectivity index (χ3v) is 7.76. The van der Waals surface area contributed by atoms with Gasteiger partial charge in [0.05, 0.1) is 12.0 Å². The van der Waals surface area contributed by atoms with Gasteiger partial charge in [0.2, 0.25) is 5.91 Å². The molecule has 1 N–H and O–H groups in total. The van der Waals surface area contributed by atoms with Crippen molar-refractivity contribution in [1.82, 2.24) is 4.90 Å². The average Bonchev–Trinajstić information content (AvgIpc) is 3.40. The quantitative estimate of drug-likeness (QED) is 0.364. The molecular weight excluding hydrogens is 444 g/mol. The maximum Gasteiger partial charge on any atom is 0.255 e. The van der Waals surface area contributed by atoms with E-state index in [0.29, 0.717) is 12.1 Å². The van der Waals surface area contributed by atoms with Crippen LogP contribution in [0.5, 0.6) is 0 Å². The number of benzene rings is 4. The number of hydrogen-bond acceptors (Lipinski definition) is 2. The van der Waals surface area contributed by atoms with Gasteiger partial charge in [0, 0.05) is 17.8 Å². The lowest BCUT2D eigenvalue weighted by Gasteiger charge is -2.41. The Morgan fingerprint density at radius 2 is 1.56 bits per heavy atom. The van der Waals surface area contributed by atoms with E-state index in [1.807, 2.05) is 83.8 Å². The number of piperidine rings is 1. The van der Waals surface area contributed by atoms with Crippen LogP contribution in [0.15, 0.2) is 91.0 Å². The summed E-state index contributed by atoms with van der Waals surface area (Å²) in [6.45, 7) is 0.629. The molecule has 1 heterocycles. The summed E-state index contributed by atoms with van der Waals surface area (Å²) in [7, 11) is 0. The van der Waals surface area contributed by atoms with Gasteiger partial charge in [0.1, 0.15) is 0 Å². The van der Waals surface area contributed by atoms with Crippen molar-refractivity contribution in [3.05, 3.63) is 113 Å². The monoisotopic (exact) mass is 474 g/mol. The Bertz CT molecular complexity index is 1420. The van der Waals surface area contributed by atoms with Crippen molar-refractivity contribution in [1.29, 1.82) is 0 Å². The van der Waals surface area contributed by atoms with E-state index < -0.39 is 0 Å². The fourth-order valence-electron chi connectivity index (χ4n) is 6.01. The molecule has 4 aromatic carbocycles. The number of rotatable bonds is 4. The zero-order valence-corrected chi connectivity index (χ0v) is 20.3. The van der Waals surface area contributed by atoms with Crippen molar-refractivity contribution in [3.63, 3.8) is 0 Å². The molecule has 0 spiro atoms. The number of nitrogens with one attached hydrogen (secondary N) is 1. The molecule has 2 atom stereocenters. The van der Waals surface area contributed by atoms with Crippen LogP contribution in [0, 0.1) is 5.92 Å². The summed E-state index contributed by atoms with van der Waals surface area (Å²) in [5.41, 5.74) is 5.27. The van der Waals surface area contributed by atoms with E-state index in [1.165, 1.54) is 17.5 Å². The minimum absolute atomic E-state index is 0.0165. The normalized spacial score (nSPS) is 19.2. The van der Waals surface area contributed by atoms with E-state index in [-0.39, 0.29) is 23.8 Å². The molecule has 180 valence electrons. The van der Waals surface area contributed by atoms with Gasteiger partial charge in [0.25, 0.3) is 5.91 Å². The average molecular weight is 475 g/mol. The van der Waals surface area contributed by atoms with Crippen molar-refractivity contribution in [3.8, 4) is 0 Å². The summed E-state index contributed by atoms with van der Waals surface area (Å²) >= 11 is 0. The summed E-state index contributed by atoms with van der Waals surface area (Å²) in [6, 6.07) is 29.9. The van der Waals surface area contributed by atoms with E-state index in [1.54, 1.807) is 0 Å². The molecule has 1 unspecified atom stereocenters. The number of carbonyl (C=O) groups excluding carboxylic acids is 2. The van der Waals surface area contributed by atoms with Crippen molar-refractivity contribution < 1.29 is 9.59 Å². The van der Waals surface area contributed by atoms with Gasteiger partial charge in [-0.3, -0.25) is 9.59 Å². The Hall–Kier alpha value is -3.92. The van der Waals surface area contributed by atoms with Gasteiger partial charge in [-0.05, 0) is 77.8 Å². The number of hydrogen-bond donors (Lipinski definition) is 1. The first-order chi connectivity index (χ1) is 17.7. The maximum atomic E-state index is 14.0. The highest BCUT2D eigenvalue weighted by atomic mass is 16.2. The van der Waals surface area contributed by atoms with Crippen LogP contribution in [0.1, 0.15) is 52.4 Å². The molecule has 36 heavy (non-hydrogen) atoms. The fraction of sp³-hybridized carbons (Fsp3) is 0.250. The SMILES string of the molecule is O=C(Nc1ccc2c(c1)CCC2)[C@H]1CCCN(C(=O)c2cccc3ccccc23)C1c1ccccc1. The molecule has 2 aliphatic rings. The van der Waals surface area contributed by atoms with E-state index >= 15 is 0 Å². The number of likely N-dealkylation sites (tertiary alicyclic amines) is 1. The van der Waals surface area contributed by atoms with Gasteiger partial charge >= 0.3 is 0 Å². The number of aryl methyl sites for hydroxylation is 2. The van der Waals surface area contributed by atoms with Gasteiger partial charge in [-0.25, -0.2) is 0 Å². The van der Waals surface area contributed by atoms with Crippen LogP contribution in [-0.4, -0.2) is 23.3 Å². The number of anilines is 1. The fourth-order valence-corrected chi connectivity index (χ4v) is 6.01. The summed E-state index contributed by atoms with van der Waals surface area (Å²) in [4.78, 5) is 29.7. The Morgan fingerprint density at radius 1 is 0.778 bits per heavy atom. The summed E-state index contributed by atoms with van der Waals surface area (Å²) in [5.74, 6) is -0.360. The highest BCUT2D eigenvalue weighted by Gasteiger charge is 2.40. The molecule has 0 radical (unpaired) electrons. The van der Waals surface area contributed by atoms with Gasteiger partial charge < -0.3 is 10.2 Å². The van der Waals surface area contributed by atoms with E-state index in [0.717, 1.165) is 47.7 Å². The van der Waals surface area contributed by atoms with E-state index in [2.05, 4.69) is 17.4 Å². The number of fused-ring (bicyclic) bond motifs is 2. The number of nitrogens with zero attached hydrogens (tertiary/aromatic N) is 1. The first-order valence-electron chi connectivity index (χ1n) is 13.0. The van der Waals surface area contributed by atoms with Crippen molar-refractivity contribution >= 4 is 28.3 Å². The lowest BCUT2D eigenvalue weighted by molar-refractivity contribution is -0.123. The lowest BCUT2D eigenvalue weighted by atomic mass is 9.83. The molecule has 4 aromatic rings. The Labute approximate surface area is 211 Å².